The van der Waals surface area contributed by atoms with Crippen LogP contribution in [0.25, 0.3) is 0 Å². The minimum absolute atomic E-state index is 0.251. The summed E-state index contributed by atoms with van der Waals surface area (Å²) in [6.45, 7) is 4.49. The Morgan fingerprint density at radius 1 is 0.700 bits per heavy atom. The minimum atomic E-state index is -0.251. The zero-order chi connectivity index (χ0) is 21.3. The molecule has 0 heterocycles. The fourth-order valence-electron chi connectivity index (χ4n) is 7.01. The van der Waals surface area contributed by atoms with Crippen LogP contribution >= 0.6 is 0 Å². The van der Waals surface area contributed by atoms with Gasteiger partial charge in [-0.1, -0.05) is 65.2 Å². The molecule has 0 aromatic rings. The van der Waals surface area contributed by atoms with Crippen LogP contribution in [0.2, 0.25) is 0 Å². The highest BCUT2D eigenvalue weighted by molar-refractivity contribution is 6.02. The molecular formula is C28H48O2. The van der Waals surface area contributed by atoms with Gasteiger partial charge in [-0.25, -0.2) is 0 Å². The van der Waals surface area contributed by atoms with Gasteiger partial charge in [0.15, 0.2) is 0 Å². The molecule has 0 aliphatic heterocycles. The Labute approximate surface area is 186 Å². The van der Waals surface area contributed by atoms with E-state index >= 15 is 0 Å². The van der Waals surface area contributed by atoms with Gasteiger partial charge in [-0.15, -0.1) is 0 Å². The van der Waals surface area contributed by atoms with Crippen LogP contribution in [0.15, 0.2) is 0 Å². The number of hydrogen-bond acceptors (Lipinski definition) is 2. The summed E-state index contributed by atoms with van der Waals surface area (Å²) in [5.41, 5.74) is 0. The molecule has 3 saturated carbocycles. The van der Waals surface area contributed by atoms with Gasteiger partial charge in [0.1, 0.15) is 11.6 Å². The highest BCUT2D eigenvalue weighted by Crippen LogP contribution is 2.43. The van der Waals surface area contributed by atoms with E-state index in [1.165, 1.54) is 77.0 Å². The van der Waals surface area contributed by atoms with Crippen LogP contribution < -0.4 is 0 Å². The second kappa shape index (κ2) is 12.4. The van der Waals surface area contributed by atoms with Crippen molar-refractivity contribution < 1.29 is 9.59 Å². The monoisotopic (exact) mass is 416 g/mol. The molecule has 0 aromatic heterocycles. The molecule has 3 fully saturated rings. The smallest absolute Gasteiger partial charge is 0.143 e. The quantitative estimate of drug-likeness (QED) is 0.268. The number of hydrogen-bond donors (Lipinski definition) is 0. The molecule has 3 rings (SSSR count). The van der Waals surface area contributed by atoms with Crippen LogP contribution in [-0.2, 0) is 9.59 Å². The average Bonchev–Trinajstić information content (AvgIpc) is 2.75. The second-order valence-corrected chi connectivity index (χ2v) is 11.2. The first-order valence-electron chi connectivity index (χ1n) is 13.7. The van der Waals surface area contributed by atoms with Gasteiger partial charge >= 0.3 is 0 Å². The first kappa shape index (κ1) is 24.0. The Morgan fingerprint density at radius 3 is 1.87 bits per heavy atom. The Kier molecular flexibility index (Phi) is 9.91. The zero-order valence-corrected chi connectivity index (χ0v) is 20.0. The standard InChI is InChI=1S/C28H48O2/c1-3-5-6-8-21-9-14-24(15-10-21)25-16-11-23(12-17-25)20-28(30)26-18-13-22(7-4-2)19-27(26)29/h21-26H,3-20H2,1-2H3. The van der Waals surface area contributed by atoms with Crippen molar-refractivity contribution in [2.75, 3.05) is 0 Å². The van der Waals surface area contributed by atoms with Gasteiger partial charge < -0.3 is 0 Å². The topological polar surface area (TPSA) is 34.1 Å². The molecule has 3 aliphatic carbocycles. The summed E-state index contributed by atoms with van der Waals surface area (Å²) in [6, 6.07) is 0. The van der Waals surface area contributed by atoms with E-state index in [0.717, 1.165) is 43.4 Å². The second-order valence-electron chi connectivity index (χ2n) is 11.2. The van der Waals surface area contributed by atoms with E-state index in [0.29, 0.717) is 24.7 Å². The van der Waals surface area contributed by atoms with E-state index in [2.05, 4.69) is 13.8 Å². The van der Waals surface area contributed by atoms with Gasteiger partial charge in [0.05, 0.1) is 5.92 Å². The number of ketones is 2. The molecule has 2 nitrogen and oxygen atoms in total. The molecular weight excluding hydrogens is 368 g/mol. The van der Waals surface area contributed by atoms with Gasteiger partial charge in [0, 0.05) is 12.8 Å². The van der Waals surface area contributed by atoms with E-state index in [1.807, 2.05) is 0 Å². The summed E-state index contributed by atoms with van der Waals surface area (Å²) >= 11 is 0. The highest BCUT2D eigenvalue weighted by atomic mass is 16.1. The van der Waals surface area contributed by atoms with Crippen molar-refractivity contribution in [3.63, 3.8) is 0 Å². The highest BCUT2D eigenvalue weighted by Gasteiger charge is 2.35. The molecule has 2 heteroatoms. The van der Waals surface area contributed by atoms with Crippen LogP contribution in [-0.4, -0.2) is 11.6 Å². The number of unbranched alkanes of at least 4 members (excludes halogenated alkanes) is 2. The summed E-state index contributed by atoms with van der Waals surface area (Å²) in [6.07, 6.45) is 22.2. The van der Waals surface area contributed by atoms with Crippen molar-refractivity contribution in [3.05, 3.63) is 0 Å². The normalized spacial score (nSPS) is 35.3. The molecule has 0 bridgehead atoms. The predicted octanol–water partition coefficient (Wildman–Crippen LogP) is 7.92. The molecule has 0 amide bonds. The van der Waals surface area contributed by atoms with Gasteiger partial charge in [-0.3, -0.25) is 9.59 Å². The van der Waals surface area contributed by atoms with Crippen LogP contribution in [0, 0.1) is 35.5 Å². The van der Waals surface area contributed by atoms with Crippen molar-refractivity contribution >= 4 is 11.6 Å². The van der Waals surface area contributed by atoms with Gasteiger partial charge in [0.25, 0.3) is 0 Å². The van der Waals surface area contributed by atoms with Crippen molar-refractivity contribution in [3.8, 4) is 0 Å². The third kappa shape index (κ3) is 6.92. The largest absolute Gasteiger partial charge is 0.299 e. The average molecular weight is 417 g/mol. The molecule has 2 atom stereocenters. The third-order valence-corrected chi connectivity index (χ3v) is 8.98. The first-order valence-corrected chi connectivity index (χ1v) is 13.7. The summed E-state index contributed by atoms with van der Waals surface area (Å²) in [4.78, 5) is 25.4. The number of carbonyl (C=O) groups excluding carboxylic acids is 2. The van der Waals surface area contributed by atoms with Gasteiger partial charge in [0.2, 0.25) is 0 Å². The van der Waals surface area contributed by atoms with Gasteiger partial charge in [-0.05, 0) is 81.0 Å². The molecule has 172 valence electrons. The lowest BCUT2D eigenvalue weighted by Gasteiger charge is -2.38. The summed E-state index contributed by atoms with van der Waals surface area (Å²) < 4.78 is 0. The lowest BCUT2D eigenvalue weighted by atomic mass is 9.67. The SMILES string of the molecule is CCCCCC1CCC(C2CCC(CC(=O)C3CCC(CCC)CC3=O)CC2)CC1. The first-order chi connectivity index (χ1) is 14.6. The zero-order valence-electron chi connectivity index (χ0n) is 20.0. The van der Waals surface area contributed by atoms with E-state index in [9.17, 15) is 9.59 Å². The third-order valence-electron chi connectivity index (χ3n) is 8.98. The number of Topliss-reactive ketones (excluding diaryl/α,β-unsaturated/α-hetero) is 2. The Morgan fingerprint density at radius 2 is 1.30 bits per heavy atom. The Hall–Kier alpha value is -0.660. The molecule has 3 aliphatic rings. The van der Waals surface area contributed by atoms with E-state index in [-0.39, 0.29) is 17.5 Å². The number of rotatable bonds is 10. The molecule has 2 unspecified atom stereocenters. The van der Waals surface area contributed by atoms with Crippen LogP contribution in [0.4, 0.5) is 0 Å². The molecule has 0 radical (unpaired) electrons. The minimum Gasteiger partial charge on any atom is -0.299 e. The fourth-order valence-corrected chi connectivity index (χ4v) is 7.01. The van der Waals surface area contributed by atoms with Crippen molar-refractivity contribution in [2.45, 2.75) is 129 Å². The van der Waals surface area contributed by atoms with Crippen LogP contribution in [0.1, 0.15) is 129 Å². The van der Waals surface area contributed by atoms with E-state index in [4.69, 9.17) is 0 Å². The number of carbonyl (C=O) groups is 2. The van der Waals surface area contributed by atoms with Gasteiger partial charge in [-0.2, -0.15) is 0 Å². The molecule has 0 spiro atoms. The molecule has 0 N–H and O–H groups in total. The maximum atomic E-state index is 12.8. The maximum Gasteiger partial charge on any atom is 0.143 e. The lowest BCUT2D eigenvalue weighted by molar-refractivity contribution is -0.136. The molecule has 0 aromatic carbocycles. The Balaban J connectivity index is 1.34. The van der Waals surface area contributed by atoms with Crippen molar-refractivity contribution in [2.24, 2.45) is 35.5 Å². The molecule has 30 heavy (non-hydrogen) atoms. The van der Waals surface area contributed by atoms with E-state index in [1.54, 1.807) is 0 Å². The van der Waals surface area contributed by atoms with Crippen LogP contribution in [0.3, 0.4) is 0 Å². The predicted molar refractivity (Wildman–Crippen MR) is 125 cm³/mol. The molecule has 0 saturated heterocycles. The summed E-state index contributed by atoms with van der Waals surface area (Å²) in [5, 5.41) is 0. The lowest BCUT2D eigenvalue weighted by Crippen LogP contribution is -2.33. The summed E-state index contributed by atoms with van der Waals surface area (Å²) in [5.74, 6) is 4.27. The Bertz CT molecular complexity index is 523. The van der Waals surface area contributed by atoms with E-state index < -0.39 is 0 Å². The fraction of sp³-hybridized carbons (Fsp3) is 0.929. The van der Waals surface area contributed by atoms with Crippen molar-refractivity contribution in [1.82, 2.24) is 0 Å². The van der Waals surface area contributed by atoms with Crippen LogP contribution in [0.5, 0.6) is 0 Å². The summed E-state index contributed by atoms with van der Waals surface area (Å²) in [7, 11) is 0. The maximum absolute atomic E-state index is 12.8. The van der Waals surface area contributed by atoms with Crippen molar-refractivity contribution in [1.29, 1.82) is 0 Å².